The van der Waals surface area contributed by atoms with Gasteiger partial charge in [-0.05, 0) is 42.3 Å². The van der Waals surface area contributed by atoms with Gasteiger partial charge in [0.25, 0.3) is 5.91 Å². The summed E-state index contributed by atoms with van der Waals surface area (Å²) >= 11 is 0. The van der Waals surface area contributed by atoms with Gasteiger partial charge in [0.05, 0.1) is 19.8 Å². The summed E-state index contributed by atoms with van der Waals surface area (Å²) in [6.45, 7) is 1.29. The van der Waals surface area contributed by atoms with Gasteiger partial charge in [-0.3, -0.25) is 9.59 Å². The van der Waals surface area contributed by atoms with E-state index in [0.29, 0.717) is 17.1 Å². The van der Waals surface area contributed by atoms with Gasteiger partial charge in [0.15, 0.2) is 0 Å². The maximum absolute atomic E-state index is 12.8. The average Bonchev–Trinajstić information content (AvgIpc) is 2.59. The molecule has 0 saturated heterocycles. The molecule has 0 radical (unpaired) electrons. The number of amides is 1. The van der Waals surface area contributed by atoms with Gasteiger partial charge in [-0.2, -0.15) is 0 Å². The van der Waals surface area contributed by atoms with Crippen molar-refractivity contribution in [2.75, 3.05) is 20.8 Å². The summed E-state index contributed by atoms with van der Waals surface area (Å²) in [7, 11) is 3.01. The van der Waals surface area contributed by atoms with Gasteiger partial charge in [0.1, 0.15) is 23.8 Å². The molecule has 0 spiro atoms. The lowest BCUT2D eigenvalue weighted by Crippen LogP contribution is -2.35. The Morgan fingerprint density at radius 1 is 1.04 bits per heavy atom. The monoisotopic (exact) mass is 359 g/mol. The van der Waals surface area contributed by atoms with Gasteiger partial charge in [-0.15, -0.1) is 0 Å². The number of rotatable bonds is 7. The van der Waals surface area contributed by atoms with Crippen molar-refractivity contribution in [3.63, 3.8) is 0 Å². The highest BCUT2D eigenvalue weighted by atomic mass is 16.5. The van der Waals surface area contributed by atoms with Crippen LogP contribution in [0, 0.1) is 6.92 Å². The van der Waals surface area contributed by atoms with Crippen LogP contribution in [0.2, 0.25) is 0 Å². The molecule has 0 heterocycles. The van der Waals surface area contributed by atoms with Gasteiger partial charge in [-0.1, -0.05) is 6.07 Å². The second-order valence-electron chi connectivity index (χ2n) is 5.80. The molecule has 0 aromatic heterocycles. The number of phenols is 1. The van der Waals surface area contributed by atoms with E-state index >= 15 is 0 Å². The second-order valence-corrected chi connectivity index (χ2v) is 5.80. The van der Waals surface area contributed by atoms with Crippen molar-refractivity contribution in [1.29, 1.82) is 0 Å². The fraction of sp³-hybridized carbons (Fsp3) is 0.263. The minimum atomic E-state index is -1.15. The van der Waals surface area contributed by atoms with Crippen molar-refractivity contribution in [2.24, 2.45) is 0 Å². The molecule has 7 heteroatoms. The van der Waals surface area contributed by atoms with Crippen molar-refractivity contribution >= 4 is 11.9 Å². The number of nitrogens with zero attached hydrogens (tertiary/aromatic N) is 1. The Bertz CT molecular complexity index is 795. The Labute approximate surface area is 151 Å². The molecule has 0 unspecified atom stereocenters. The topological polar surface area (TPSA) is 96.3 Å². The lowest BCUT2D eigenvalue weighted by atomic mass is 10.1. The standard InChI is InChI=1S/C19H21NO6/c1-12-4-5-16(17(21)6-12)19(24)20(11-18(22)23)10-13-7-14(25-2)9-15(8-13)26-3/h4-9,21H,10-11H2,1-3H3,(H,22,23). The molecule has 2 N–H and O–H groups in total. The van der Waals surface area contributed by atoms with Crippen molar-refractivity contribution in [2.45, 2.75) is 13.5 Å². The number of hydrogen-bond donors (Lipinski definition) is 2. The first-order valence-corrected chi connectivity index (χ1v) is 7.86. The number of aromatic hydroxyl groups is 1. The maximum atomic E-state index is 12.8. The van der Waals surface area contributed by atoms with Crippen molar-refractivity contribution in [3.8, 4) is 17.2 Å². The van der Waals surface area contributed by atoms with E-state index in [2.05, 4.69) is 0 Å². The third-order valence-corrected chi connectivity index (χ3v) is 3.78. The summed E-state index contributed by atoms with van der Waals surface area (Å²) in [6.07, 6.45) is 0. The molecule has 0 saturated carbocycles. The zero-order valence-corrected chi connectivity index (χ0v) is 14.9. The molecule has 0 fully saturated rings. The number of benzene rings is 2. The molecule has 0 aliphatic rings. The Balaban J connectivity index is 2.35. The van der Waals surface area contributed by atoms with E-state index in [-0.39, 0.29) is 17.9 Å². The molecular weight excluding hydrogens is 338 g/mol. The zero-order chi connectivity index (χ0) is 19.3. The summed E-state index contributed by atoms with van der Waals surface area (Å²) in [6, 6.07) is 9.69. The summed E-state index contributed by atoms with van der Waals surface area (Å²) in [5, 5.41) is 19.2. The molecule has 0 aliphatic heterocycles. The highest BCUT2D eigenvalue weighted by molar-refractivity contribution is 5.98. The second kappa shape index (κ2) is 8.24. The molecule has 2 aromatic carbocycles. The number of phenolic OH excluding ortho intramolecular Hbond substituents is 1. The molecule has 26 heavy (non-hydrogen) atoms. The average molecular weight is 359 g/mol. The van der Waals surface area contributed by atoms with Crippen LogP contribution in [0.4, 0.5) is 0 Å². The Morgan fingerprint density at radius 2 is 1.65 bits per heavy atom. The quantitative estimate of drug-likeness (QED) is 0.788. The number of aliphatic carboxylic acids is 1. The largest absolute Gasteiger partial charge is 0.507 e. The van der Waals surface area contributed by atoms with Gasteiger partial charge < -0.3 is 24.6 Å². The molecular formula is C19H21NO6. The van der Waals surface area contributed by atoms with E-state index in [4.69, 9.17) is 14.6 Å². The number of ether oxygens (including phenoxy) is 2. The lowest BCUT2D eigenvalue weighted by Gasteiger charge is -2.22. The van der Waals surface area contributed by atoms with Crippen LogP contribution < -0.4 is 9.47 Å². The van der Waals surface area contributed by atoms with E-state index in [1.807, 2.05) is 0 Å². The first-order chi connectivity index (χ1) is 12.3. The number of hydrogen-bond acceptors (Lipinski definition) is 5. The third-order valence-electron chi connectivity index (χ3n) is 3.78. The van der Waals surface area contributed by atoms with E-state index < -0.39 is 18.4 Å². The van der Waals surface area contributed by atoms with E-state index in [1.54, 1.807) is 31.2 Å². The Kier molecular flexibility index (Phi) is 6.06. The van der Waals surface area contributed by atoms with Crippen molar-refractivity contribution in [3.05, 3.63) is 53.1 Å². The van der Waals surface area contributed by atoms with Crippen LogP contribution in [-0.4, -0.2) is 47.8 Å². The molecule has 2 rings (SSSR count). The minimum absolute atomic E-state index is 0.0199. The summed E-state index contributed by atoms with van der Waals surface area (Å²) in [5.41, 5.74) is 1.48. The molecule has 2 aromatic rings. The SMILES string of the molecule is COc1cc(CN(CC(=O)O)C(=O)c2ccc(C)cc2O)cc(OC)c1. The predicted octanol–water partition coefficient (Wildman–Crippen LogP) is 2.44. The zero-order valence-electron chi connectivity index (χ0n) is 14.9. The number of carboxylic acid groups (broad SMARTS) is 1. The Morgan fingerprint density at radius 3 is 2.15 bits per heavy atom. The van der Waals surface area contributed by atoms with E-state index in [1.165, 1.54) is 26.4 Å². The van der Waals surface area contributed by atoms with Crippen LogP contribution in [-0.2, 0) is 11.3 Å². The number of carbonyl (C=O) groups excluding carboxylic acids is 1. The normalized spacial score (nSPS) is 10.3. The summed E-state index contributed by atoms with van der Waals surface area (Å²) in [5.74, 6) is -0.861. The maximum Gasteiger partial charge on any atom is 0.323 e. The fourth-order valence-corrected chi connectivity index (χ4v) is 2.53. The van der Waals surface area contributed by atoms with Crippen LogP contribution in [0.1, 0.15) is 21.5 Å². The highest BCUT2D eigenvalue weighted by Crippen LogP contribution is 2.25. The van der Waals surface area contributed by atoms with Crippen LogP contribution in [0.15, 0.2) is 36.4 Å². The first kappa shape index (κ1) is 19.1. The van der Waals surface area contributed by atoms with Gasteiger partial charge >= 0.3 is 5.97 Å². The predicted molar refractivity (Wildman–Crippen MR) is 94.8 cm³/mol. The molecule has 1 amide bonds. The van der Waals surface area contributed by atoms with E-state index in [0.717, 1.165) is 10.5 Å². The lowest BCUT2D eigenvalue weighted by molar-refractivity contribution is -0.137. The van der Waals surface area contributed by atoms with Crippen LogP contribution >= 0.6 is 0 Å². The first-order valence-electron chi connectivity index (χ1n) is 7.86. The molecule has 7 nitrogen and oxygen atoms in total. The summed E-state index contributed by atoms with van der Waals surface area (Å²) in [4.78, 5) is 25.1. The molecule has 0 atom stereocenters. The minimum Gasteiger partial charge on any atom is -0.507 e. The number of carbonyl (C=O) groups is 2. The highest BCUT2D eigenvalue weighted by Gasteiger charge is 2.22. The fourth-order valence-electron chi connectivity index (χ4n) is 2.53. The molecule has 0 aliphatic carbocycles. The number of carboxylic acids is 1. The van der Waals surface area contributed by atoms with Gasteiger partial charge in [0, 0.05) is 12.6 Å². The van der Waals surface area contributed by atoms with Gasteiger partial charge in [-0.25, -0.2) is 0 Å². The summed E-state index contributed by atoms with van der Waals surface area (Å²) < 4.78 is 10.4. The third kappa shape index (κ3) is 4.66. The number of methoxy groups -OCH3 is 2. The van der Waals surface area contributed by atoms with Crippen molar-refractivity contribution in [1.82, 2.24) is 4.90 Å². The smallest absolute Gasteiger partial charge is 0.323 e. The van der Waals surface area contributed by atoms with Crippen LogP contribution in [0.25, 0.3) is 0 Å². The number of aryl methyl sites for hydroxylation is 1. The van der Waals surface area contributed by atoms with Crippen molar-refractivity contribution < 1.29 is 29.3 Å². The molecule has 0 bridgehead atoms. The van der Waals surface area contributed by atoms with Gasteiger partial charge in [0.2, 0.25) is 0 Å². The van der Waals surface area contributed by atoms with Crippen LogP contribution in [0.3, 0.4) is 0 Å². The van der Waals surface area contributed by atoms with Crippen LogP contribution in [0.5, 0.6) is 17.2 Å². The Hall–Kier alpha value is -3.22. The van der Waals surface area contributed by atoms with E-state index in [9.17, 15) is 14.7 Å². The molecule has 138 valence electrons.